The van der Waals surface area contributed by atoms with Crippen LogP contribution in [0.2, 0.25) is 0 Å². The summed E-state index contributed by atoms with van der Waals surface area (Å²) >= 11 is 0. The topological polar surface area (TPSA) is 82.4 Å². The van der Waals surface area contributed by atoms with Crippen molar-refractivity contribution >= 4 is 17.3 Å². The molecule has 1 aromatic carbocycles. The molecule has 0 amide bonds. The van der Waals surface area contributed by atoms with Crippen LogP contribution in [0, 0.1) is 12.5 Å². The summed E-state index contributed by atoms with van der Waals surface area (Å²) in [5.74, 6) is -0.380. The van der Waals surface area contributed by atoms with Crippen molar-refractivity contribution in [2.45, 2.75) is 6.92 Å². The Labute approximate surface area is 122 Å². The monoisotopic (exact) mass is 281 g/mol. The van der Waals surface area contributed by atoms with Gasteiger partial charge in [-0.25, -0.2) is 5.53 Å². The number of nitrogens with one attached hydrogen (secondary N) is 2. The zero-order chi connectivity index (χ0) is 15.2. The minimum atomic E-state index is -0.195. The van der Waals surface area contributed by atoms with Crippen molar-refractivity contribution in [2.75, 3.05) is 6.54 Å². The minimum absolute atomic E-state index is 0.185. The van der Waals surface area contributed by atoms with E-state index in [4.69, 9.17) is 5.53 Å². The smallest absolute Gasteiger partial charge is 0.183 e. The van der Waals surface area contributed by atoms with Gasteiger partial charge < -0.3 is 5.32 Å². The Morgan fingerprint density at radius 3 is 2.62 bits per heavy atom. The van der Waals surface area contributed by atoms with Gasteiger partial charge in [-0.15, -0.1) is 0 Å². The Bertz CT molecular complexity index is 667. The second kappa shape index (κ2) is 6.56. The van der Waals surface area contributed by atoms with E-state index in [9.17, 15) is 9.59 Å². The number of carbonyl (C=O) groups is 2. The first-order valence-corrected chi connectivity index (χ1v) is 6.45. The van der Waals surface area contributed by atoms with E-state index in [1.165, 1.54) is 18.2 Å². The van der Waals surface area contributed by atoms with Gasteiger partial charge in [0.2, 0.25) is 0 Å². The van der Waals surface area contributed by atoms with Crippen molar-refractivity contribution in [1.82, 2.24) is 5.32 Å². The molecule has 1 aromatic rings. The van der Waals surface area contributed by atoms with Gasteiger partial charge in [-0.1, -0.05) is 29.8 Å². The maximum atomic E-state index is 11.6. The van der Waals surface area contributed by atoms with Crippen LogP contribution in [0.25, 0.3) is 5.70 Å². The average molecular weight is 281 g/mol. The summed E-state index contributed by atoms with van der Waals surface area (Å²) in [6, 6.07) is 7.62. The molecule has 0 unspecified atom stereocenters. The van der Waals surface area contributed by atoms with Gasteiger partial charge in [0.1, 0.15) is 5.70 Å². The van der Waals surface area contributed by atoms with E-state index in [2.05, 4.69) is 10.4 Å². The maximum absolute atomic E-state index is 11.6. The van der Waals surface area contributed by atoms with Crippen LogP contribution in [0.15, 0.2) is 59.4 Å². The first-order valence-electron chi connectivity index (χ1n) is 6.45. The van der Waals surface area contributed by atoms with Crippen LogP contribution in [0.3, 0.4) is 0 Å². The zero-order valence-electron chi connectivity index (χ0n) is 11.6. The lowest BCUT2D eigenvalue weighted by Gasteiger charge is -2.07. The number of aryl methyl sites for hydroxylation is 1. The lowest BCUT2D eigenvalue weighted by atomic mass is 10.0. The Hall–Kier alpha value is -2.82. The van der Waals surface area contributed by atoms with Gasteiger partial charge in [-0.05, 0) is 25.2 Å². The fourth-order valence-corrected chi connectivity index (χ4v) is 1.86. The number of carbonyl (C=O) groups excluding carboxylic acids is 2. The summed E-state index contributed by atoms with van der Waals surface area (Å²) < 4.78 is 0. The third kappa shape index (κ3) is 3.82. The lowest BCUT2D eigenvalue weighted by Crippen LogP contribution is -2.18. The molecular formula is C16H15N3O2. The van der Waals surface area contributed by atoms with Crippen molar-refractivity contribution in [3.05, 3.63) is 65.4 Å². The molecule has 5 nitrogen and oxygen atoms in total. The fourth-order valence-electron chi connectivity index (χ4n) is 1.86. The first-order chi connectivity index (χ1) is 10.1. The molecule has 0 bridgehead atoms. The van der Waals surface area contributed by atoms with E-state index in [1.807, 2.05) is 31.2 Å². The first kappa shape index (κ1) is 14.6. The van der Waals surface area contributed by atoms with E-state index < -0.39 is 0 Å². The molecule has 0 atom stereocenters. The van der Waals surface area contributed by atoms with E-state index in [0.29, 0.717) is 11.3 Å². The molecule has 0 aromatic heterocycles. The molecule has 0 saturated carbocycles. The number of ketones is 2. The van der Waals surface area contributed by atoms with Gasteiger partial charge in [0.25, 0.3) is 0 Å². The molecule has 2 N–H and O–H groups in total. The van der Waals surface area contributed by atoms with Crippen LogP contribution in [0.5, 0.6) is 0 Å². The second-order valence-electron chi connectivity index (χ2n) is 4.66. The minimum Gasteiger partial charge on any atom is -0.385 e. The summed E-state index contributed by atoms with van der Waals surface area (Å²) in [7, 11) is 0. The molecule has 5 heteroatoms. The molecule has 0 aliphatic heterocycles. The van der Waals surface area contributed by atoms with Crippen LogP contribution < -0.4 is 5.32 Å². The zero-order valence-corrected chi connectivity index (χ0v) is 11.6. The lowest BCUT2D eigenvalue weighted by molar-refractivity contribution is -0.114. The third-order valence-corrected chi connectivity index (χ3v) is 3.03. The Kier molecular flexibility index (Phi) is 4.56. The van der Waals surface area contributed by atoms with Crippen LogP contribution in [0.1, 0.15) is 11.1 Å². The van der Waals surface area contributed by atoms with Gasteiger partial charge in [-0.2, -0.15) is 5.11 Å². The number of allylic oxidation sites excluding steroid dienone is 3. The Morgan fingerprint density at radius 2 is 1.95 bits per heavy atom. The predicted molar refractivity (Wildman–Crippen MR) is 79.5 cm³/mol. The van der Waals surface area contributed by atoms with E-state index in [0.717, 1.165) is 11.1 Å². The molecular weight excluding hydrogens is 266 g/mol. The van der Waals surface area contributed by atoms with Crippen molar-refractivity contribution in [3.63, 3.8) is 0 Å². The van der Waals surface area contributed by atoms with E-state index in [1.54, 1.807) is 6.20 Å². The number of hydrogen-bond acceptors (Lipinski definition) is 5. The van der Waals surface area contributed by atoms with Crippen molar-refractivity contribution in [2.24, 2.45) is 5.11 Å². The SMILES string of the molecule is Cc1ccc(/C(=C/NCC2=CC(=O)C=CC2=O)N=N)cc1. The van der Waals surface area contributed by atoms with Gasteiger partial charge in [0, 0.05) is 23.9 Å². The highest BCUT2D eigenvalue weighted by molar-refractivity contribution is 6.17. The quantitative estimate of drug-likeness (QED) is 0.642. The fraction of sp³-hybridized carbons (Fsp3) is 0.125. The predicted octanol–water partition coefficient (Wildman–Crippen LogP) is 2.55. The Balaban J connectivity index is 2.05. The third-order valence-electron chi connectivity index (χ3n) is 3.03. The molecule has 1 aliphatic carbocycles. The number of hydrogen-bond donors (Lipinski definition) is 2. The van der Waals surface area contributed by atoms with Crippen LogP contribution in [-0.4, -0.2) is 18.1 Å². The largest absolute Gasteiger partial charge is 0.385 e. The molecule has 0 fully saturated rings. The number of rotatable bonds is 5. The van der Waals surface area contributed by atoms with Gasteiger partial charge in [-0.3, -0.25) is 9.59 Å². The summed E-state index contributed by atoms with van der Waals surface area (Å²) in [4.78, 5) is 22.8. The highest BCUT2D eigenvalue weighted by Gasteiger charge is 2.12. The molecule has 106 valence electrons. The normalized spacial score (nSPS) is 14.9. The van der Waals surface area contributed by atoms with Gasteiger partial charge in [0.05, 0.1) is 0 Å². The van der Waals surface area contributed by atoms with Gasteiger partial charge >= 0.3 is 0 Å². The standard InChI is InChI=1S/C16H15N3O2/c1-11-2-4-12(5-3-11)15(19-17)10-18-9-13-8-14(20)6-7-16(13)21/h2-8,10,17-18H,9H2,1H3/b15-10-,19-17?. The summed E-state index contributed by atoms with van der Waals surface area (Å²) in [5, 5.41) is 6.39. The van der Waals surface area contributed by atoms with Gasteiger partial charge in [0.15, 0.2) is 11.6 Å². The number of nitrogens with zero attached hydrogens (tertiary/aromatic N) is 1. The van der Waals surface area contributed by atoms with Crippen molar-refractivity contribution < 1.29 is 9.59 Å². The van der Waals surface area contributed by atoms with Crippen LogP contribution in [-0.2, 0) is 9.59 Å². The van der Waals surface area contributed by atoms with E-state index in [-0.39, 0.29) is 18.1 Å². The average Bonchev–Trinajstić information content (AvgIpc) is 2.48. The molecule has 0 heterocycles. The number of benzene rings is 1. The summed E-state index contributed by atoms with van der Waals surface area (Å²) in [5.41, 5.74) is 10.0. The summed E-state index contributed by atoms with van der Waals surface area (Å²) in [6.07, 6.45) is 5.39. The Morgan fingerprint density at radius 1 is 1.24 bits per heavy atom. The maximum Gasteiger partial charge on any atom is 0.183 e. The van der Waals surface area contributed by atoms with Crippen molar-refractivity contribution in [3.8, 4) is 0 Å². The molecule has 1 aliphatic rings. The molecule has 21 heavy (non-hydrogen) atoms. The highest BCUT2D eigenvalue weighted by Crippen LogP contribution is 2.15. The molecule has 0 spiro atoms. The van der Waals surface area contributed by atoms with E-state index >= 15 is 0 Å². The van der Waals surface area contributed by atoms with Crippen LogP contribution >= 0.6 is 0 Å². The van der Waals surface area contributed by atoms with Crippen molar-refractivity contribution in [1.29, 1.82) is 5.53 Å². The summed E-state index contributed by atoms with van der Waals surface area (Å²) in [6.45, 7) is 2.20. The molecule has 0 saturated heterocycles. The second-order valence-corrected chi connectivity index (χ2v) is 4.66. The molecule has 0 radical (unpaired) electrons. The highest BCUT2D eigenvalue weighted by atomic mass is 16.1. The molecule has 2 rings (SSSR count). The van der Waals surface area contributed by atoms with Crippen LogP contribution in [0.4, 0.5) is 0 Å².